The summed E-state index contributed by atoms with van der Waals surface area (Å²) in [6.07, 6.45) is 10.7. The second kappa shape index (κ2) is 34.8. The second-order valence-corrected chi connectivity index (χ2v) is 27.8. The summed E-state index contributed by atoms with van der Waals surface area (Å²) in [4.78, 5) is 62.1. The fourth-order valence-corrected chi connectivity index (χ4v) is 14.1. The molecular formula is C66H94N6O21P2. The van der Waals surface area contributed by atoms with E-state index in [1.54, 1.807) is 123 Å². The van der Waals surface area contributed by atoms with E-state index in [4.69, 9.17) is 67.5 Å². The van der Waals surface area contributed by atoms with E-state index in [1.807, 2.05) is 53.8 Å². The van der Waals surface area contributed by atoms with E-state index in [-0.39, 0.29) is 74.6 Å². The van der Waals surface area contributed by atoms with Crippen molar-refractivity contribution in [2.45, 2.75) is 182 Å². The van der Waals surface area contributed by atoms with Crippen LogP contribution in [0.1, 0.15) is 115 Å². The van der Waals surface area contributed by atoms with E-state index in [1.165, 1.54) is 24.3 Å². The molecule has 6 aliphatic heterocycles. The molecule has 2 amide bonds. The number of hydrogen-bond acceptors (Lipinski definition) is 23. The SMILES string of the molecule is C.CC1(C)O[C@@H]2[C@H](O1)C(CO)O[C@H]2N1C=CCC(C(N)=O)=C1.CCC(CC)COC(=O)C(C)CP(=O)(Oc1ccccc1)Oc1ccc([N+](=O)[O-])cc1.CCC(CC)COC(=O)C(C)NP(=O)(OCC1O[C@@H](N2C=CCC(C(N)=O)=C2)[C@@H]2OC(C)(C)O[C@H]12)Oc1ccccc1. The van der Waals surface area contributed by atoms with Gasteiger partial charge in [-0.25, -0.2) is 9.13 Å². The number of ether oxygens (including phenoxy) is 8. The number of carbonyl (C=O) groups excluding carboxylic acids is 4. The zero-order valence-electron chi connectivity index (χ0n) is 54.8. The third kappa shape index (κ3) is 21.8. The lowest BCUT2D eigenvalue weighted by atomic mass is 10.1. The molecule has 0 spiro atoms. The number of aliphatic hydroxyl groups excluding tert-OH is 1. The molecule has 95 heavy (non-hydrogen) atoms. The standard InChI is InChI=1S/C29H42N3O9P.C22H28NO7P.C14H20N2O5.CH4/c1-6-20(7-2)17-36-28(34)19(3)31-42(35,41-22-13-9-8-10-14-22)37-18-23-24-25(40-29(4,5)39-24)27(38-23)32-15-11-12-21(16-32)26(30)33;1-4-18(5-2)15-28-22(24)17(3)16-31(27,29-20-9-7-6-8-10-20)30-21-13-11-19(12-14-21)23(25)26;1-14(2)20-10-9(7-17)19-13(11(10)21-14)16-5-3-4-8(6-16)12(15)18;/h8-11,13-16,19-20,23-25,27H,6-7,12,17-18H2,1-5H3,(H2,30,33)(H,31,35);6-14,17-18H,4-5,15-16H2,1-3H3;3,5-6,9-11,13,17H,4,7H2,1-2H3,(H2,15,18);1H4/t19?,23?,24-,25-,27-,42?;;9?,10-,11-,13-;/m1.1./s1. The first-order valence-corrected chi connectivity index (χ1v) is 34.8. The quantitative estimate of drug-likeness (QED) is 0.0217. The van der Waals surface area contributed by atoms with Crippen LogP contribution in [-0.4, -0.2) is 143 Å². The molecule has 4 saturated heterocycles. The average Bonchev–Trinajstić information content (AvgIpc) is 1.61. The van der Waals surface area contributed by atoms with E-state index in [2.05, 4.69) is 5.09 Å². The Hall–Kier alpha value is -7.00. The number of nitro groups is 1. The van der Waals surface area contributed by atoms with Gasteiger partial charge in [-0.3, -0.25) is 33.8 Å². The molecule has 3 aromatic carbocycles. The van der Waals surface area contributed by atoms with Crippen molar-refractivity contribution in [2.75, 3.05) is 32.6 Å². The first kappa shape index (κ1) is 77.0. The van der Waals surface area contributed by atoms with Gasteiger partial charge in [-0.05, 0) is 95.7 Å². The lowest BCUT2D eigenvalue weighted by Gasteiger charge is -2.31. The number of fused-ring (bicyclic) bond motifs is 2. The molecule has 12 atom stereocenters. The zero-order chi connectivity index (χ0) is 68.5. The van der Waals surface area contributed by atoms with Crippen molar-refractivity contribution in [3.63, 3.8) is 0 Å². The highest BCUT2D eigenvalue weighted by atomic mass is 31.2. The van der Waals surface area contributed by atoms with Gasteiger partial charge in [0.1, 0.15) is 59.9 Å². The minimum atomic E-state index is -4.14. The molecule has 3 aromatic rings. The monoisotopic (exact) mass is 1370 g/mol. The van der Waals surface area contributed by atoms with Gasteiger partial charge in [0.2, 0.25) is 11.8 Å². The highest BCUT2D eigenvalue weighted by Gasteiger charge is 2.58. The number of carbonyl (C=O) groups is 4. The van der Waals surface area contributed by atoms with Gasteiger partial charge in [0.05, 0.1) is 43.4 Å². The number of nitrogens with zero attached hydrogens (tertiary/aromatic N) is 3. The minimum absolute atomic E-state index is 0. The average molecular weight is 1370 g/mol. The van der Waals surface area contributed by atoms with Crippen molar-refractivity contribution < 1.29 is 94.3 Å². The first-order chi connectivity index (χ1) is 44.6. The van der Waals surface area contributed by atoms with Gasteiger partial charge in [-0.1, -0.05) is 116 Å². The summed E-state index contributed by atoms with van der Waals surface area (Å²) in [6.45, 7) is 18.7. The number of amides is 2. The van der Waals surface area contributed by atoms with Crippen molar-refractivity contribution in [1.29, 1.82) is 0 Å². The van der Waals surface area contributed by atoms with E-state index >= 15 is 0 Å². The van der Waals surface area contributed by atoms with Gasteiger partial charge in [0.25, 0.3) is 5.69 Å². The zero-order valence-corrected chi connectivity index (χ0v) is 56.5. The van der Waals surface area contributed by atoms with Crippen molar-refractivity contribution in [2.24, 2.45) is 29.2 Å². The number of aliphatic hydroxyl groups is 1. The highest BCUT2D eigenvalue weighted by molar-refractivity contribution is 7.54. The lowest BCUT2D eigenvalue weighted by Crippen LogP contribution is -2.40. The molecule has 0 aromatic heterocycles. The Bertz CT molecular complexity index is 3260. The highest BCUT2D eigenvalue weighted by Crippen LogP contribution is 2.51. The summed E-state index contributed by atoms with van der Waals surface area (Å²) in [5, 5.41) is 23.0. The van der Waals surface area contributed by atoms with Gasteiger partial charge in [0.15, 0.2) is 24.0 Å². The van der Waals surface area contributed by atoms with Crippen LogP contribution in [0.2, 0.25) is 0 Å². The van der Waals surface area contributed by atoms with Gasteiger partial charge >= 0.3 is 27.3 Å². The molecule has 6 aliphatic rings. The van der Waals surface area contributed by atoms with E-state index in [0.29, 0.717) is 36.3 Å². The number of primary amides is 2. The first-order valence-electron chi connectivity index (χ1n) is 31.5. The maximum atomic E-state index is 14.1. The molecule has 29 heteroatoms. The molecule has 0 radical (unpaired) electrons. The maximum Gasteiger partial charge on any atom is 0.459 e. The Morgan fingerprint density at radius 2 is 1.07 bits per heavy atom. The van der Waals surface area contributed by atoms with Gasteiger partial charge in [-0.15, -0.1) is 0 Å². The molecule has 524 valence electrons. The van der Waals surface area contributed by atoms with E-state index < -0.39 is 104 Å². The number of benzene rings is 3. The number of allylic oxidation sites excluding steroid dienone is 2. The Balaban J connectivity index is 0.000000237. The topological polar surface area (TPSA) is 347 Å². The van der Waals surface area contributed by atoms with E-state index in [0.717, 1.165) is 25.7 Å². The lowest BCUT2D eigenvalue weighted by molar-refractivity contribution is -0.384. The van der Waals surface area contributed by atoms with Crippen LogP contribution >= 0.6 is 15.3 Å². The van der Waals surface area contributed by atoms with Gasteiger partial charge in [0, 0.05) is 48.1 Å². The van der Waals surface area contributed by atoms with Crippen molar-refractivity contribution in [3.8, 4) is 17.2 Å². The third-order valence-corrected chi connectivity index (χ3v) is 19.6. The minimum Gasteiger partial charge on any atom is -0.465 e. The number of para-hydroxylation sites is 2. The molecule has 27 nitrogen and oxygen atoms in total. The molecule has 9 rings (SSSR count). The number of hydrogen-bond donors (Lipinski definition) is 4. The Kier molecular flexibility index (Phi) is 28.2. The summed E-state index contributed by atoms with van der Waals surface area (Å²) in [7, 11) is -7.98. The summed E-state index contributed by atoms with van der Waals surface area (Å²) in [5.74, 6) is -3.12. The van der Waals surface area contributed by atoms with Crippen molar-refractivity contribution in [3.05, 3.63) is 143 Å². The molecule has 6 N–H and O–H groups in total. The third-order valence-electron chi connectivity index (χ3n) is 16.0. The molecular weight excluding hydrogens is 1270 g/mol. The summed E-state index contributed by atoms with van der Waals surface area (Å²) in [5.41, 5.74) is 11.6. The fourth-order valence-electron chi connectivity index (χ4n) is 10.7. The van der Waals surface area contributed by atoms with Crippen LogP contribution < -0.4 is 30.1 Å². The number of non-ortho nitro benzene ring substituents is 1. The number of nitro benzene ring substituents is 1. The number of esters is 2. The van der Waals surface area contributed by atoms with Crippen LogP contribution in [0.4, 0.5) is 5.69 Å². The summed E-state index contributed by atoms with van der Waals surface area (Å²) < 4.78 is 97.5. The number of rotatable bonds is 29. The van der Waals surface area contributed by atoms with Crippen LogP contribution in [0.3, 0.4) is 0 Å². The number of nitrogens with one attached hydrogen (secondary N) is 1. The number of nitrogens with two attached hydrogens (primary N) is 2. The van der Waals surface area contributed by atoms with Crippen LogP contribution in [0.5, 0.6) is 17.2 Å². The predicted octanol–water partition coefficient (Wildman–Crippen LogP) is 10.3. The fraction of sp³-hybridized carbons (Fsp3) is 0.545. The van der Waals surface area contributed by atoms with Gasteiger partial charge in [-0.2, -0.15) is 5.09 Å². The van der Waals surface area contributed by atoms with Gasteiger partial charge < -0.3 is 77.8 Å². The van der Waals surface area contributed by atoms with Crippen molar-refractivity contribution in [1.82, 2.24) is 14.9 Å². The molecule has 6 unspecified atom stereocenters. The molecule has 6 heterocycles. The second-order valence-electron chi connectivity index (χ2n) is 24.2. The molecule has 0 aliphatic carbocycles. The van der Waals surface area contributed by atoms with Crippen molar-refractivity contribution >= 4 is 44.8 Å². The van der Waals surface area contributed by atoms with Crippen LogP contribution in [0, 0.1) is 27.9 Å². The smallest absolute Gasteiger partial charge is 0.459 e. The van der Waals surface area contributed by atoms with Crippen LogP contribution in [-0.2, 0) is 70.7 Å². The molecule has 4 fully saturated rings. The maximum absolute atomic E-state index is 14.1. The van der Waals surface area contributed by atoms with E-state index in [9.17, 15) is 43.5 Å². The molecule has 0 bridgehead atoms. The largest absolute Gasteiger partial charge is 0.465 e. The Morgan fingerprint density at radius 1 is 0.653 bits per heavy atom. The van der Waals surface area contributed by atoms with Crippen LogP contribution in [0.15, 0.2) is 133 Å². The molecule has 0 saturated carbocycles. The Labute approximate surface area is 555 Å². The summed E-state index contributed by atoms with van der Waals surface area (Å²) in [6, 6.07) is 21.2. The normalized spacial score (nSPS) is 24.6. The summed E-state index contributed by atoms with van der Waals surface area (Å²) >= 11 is 0. The predicted molar refractivity (Wildman–Crippen MR) is 350 cm³/mol. The van der Waals surface area contributed by atoms with Crippen LogP contribution in [0.25, 0.3) is 0 Å². The Morgan fingerprint density at radius 3 is 1.52 bits per heavy atom.